The minimum atomic E-state index is -0.150. The molecule has 1 N–H and O–H groups in total. The number of benzene rings is 2. The minimum absolute atomic E-state index is 0.0546. The van der Waals surface area contributed by atoms with Crippen molar-refractivity contribution in [2.75, 3.05) is 6.61 Å². The van der Waals surface area contributed by atoms with Crippen molar-refractivity contribution in [3.63, 3.8) is 0 Å². The SMILES string of the molecule is O=C(COc1cc(Cl)cc(Cl)c1)NC1CCCc2ccccc21. The minimum Gasteiger partial charge on any atom is -0.484 e. The van der Waals surface area contributed by atoms with Crippen LogP contribution < -0.4 is 10.1 Å². The van der Waals surface area contributed by atoms with Crippen LogP contribution in [0.1, 0.15) is 30.0 Å². The molecule has 0 heterocycles. The quantitative estimate of drug-likeness (QED) is 0.878. The molecule has 3 nitrogen and oxygen atoms in total. The highest BCUT2D eigenvalue weighted by molar-refractivity contribution is 6.34. The van der Waals surface area contributed by atoms with E-state index in [9.17, 15) is 4.79 Å². The Balaban J connectivity index is 1.60. The summed E-state index contributed by atoms with van der Waals surface area (Å²) in [7, 11) is 0. The van der Waals surface area contributed by atoms with Gasteiger partial charge in [0, 0.05) is 10.0 Å². The Hall–Kier alpha value is -1.71. The smallest absolute Gasteiger partial charge is 0.258 e. The molecule has 5 heteroatoms. The van der Waals surface area contributed by atoms with Crippen LogP contribution in [-0.4, -0.2) is 12.5 Å². The van der Waals surface area contributed by atoms with E-state index in [1.54, 1.807) is 18.2 Å². The van der Waals surface area contributed by atoms with Gasteiger partial charge in [0.1, 0.15) is 5.75 Å². The molecule has 0 bridgehead atoms. The molecular formula is C18H17Cl2NO2. The normalized spacial score (nSPS) is 16.5. The number of carbonyl (C=O) groups excluding carboxylic acids is 1. The van der Waals surface area contributed by atoms with Crippen molar-refractivity contribution >= 4 is 29.1 Å². The summed E-state index contributed by atoms with van der Waals surface area (Å²) >= 11 is 11.8. The summed E-state index contributed by atoms with van der Waals surface area (Å²) in [6.07, 6.45) is 3.10. The standard InChI is InChI=1S/C18H17Cl2NO2/c19-13-8-14(20)10-15(9-13)23-11-18(22)21-17-7-3-5-12-4-1-2-6-16(12)17/h1-2,4,6,8-10,17H,3,5,7,11H2,(H,21,22). The van der Waals surface area contributed by atoms with Crippen LogP contribution in [-0.2, 0) is 11.2 Å². The van der Waals surface area contributed by atoms with Crippen LogP contribution in [0.2, 0.25) is 10.0 Å². The van der Waals surface area contributed by atoms with Crippen LogP contribution >= 0.6 is 23.2 Å². The van der Waals surface area contributed by atoms with Crippen molar-refractivity contribution < 1.29 is 9.53 Å². The maximum absolute atomic E-state index is 12.2. The van der Waals surface area contributed by atoms with E-state index < -0.39 is 0 Å². The second-order valence-electron chi connectivity index (χ2n) is 5.60. The van der Waals surface area contributed by atoms with Crippen LogP contribution in [0, 0.1) is 0 Å². The van der Waals surface area contributed by atoms with Crippen LogP contribution in [0.15, 0.2) is 42.5 Å². The number of fused-ring (bicyclic) bond motifs is 1. The van der Waals surface area contributed by atoms with Gasteiger partial charge >= 0.3 is 0 Å². The highest BCUT2D eigenvalue weighted by atomic mass is 35.5. The number of rotatable bonds is 4. The average Bonchev–Trinajstić information content (AvgIpc) is 2.52. The summed E-state index contributed by atoms with van der Waals surface area (Å²) in [6, 6.07) is 13.2. The molecule has 0 aromatic heterocycles. The van der Waals surface area contributed by atoms with E-state index in [1.807, 2.05) is 12.1 Å². The molecule has 0 radical (unpaired) electrons. The molecule has 1 aliphatic rings. The molecular weight excluding hydrogens is 333 g/mol. The van der Waals surface area contributed by atoms with Crippen LogP contribution in [0.25, 0.3) is 0 Å². The van der Waals surface area contributed by atoms with E-state index in [0.717, 1.165) is 19.3 Å². The van der Waals surface area contributed by atoms with Gasteiger partial charge in [0.2, 0.25) is 0 Å². The summed E-state index contributed by atoms with van der Waals surface area (Å²) < 4.78 is 5.48. The van der Waals surface area contributed by atoms with Crippen LogP contribution in [0.5, 0.6) is 5.75 Å². The first-order valence-corrected chi connectivity index (χ1v) is 8.33. The van der Waals surface area contributed by atoms with Gasteiger partial charge in [-0.2, -0.15) is 0 Å². The summed E-state index contributed by atoms with van der Waals surface area (Å²) in [4.78, 5) is 12.2. The third-order valence-electron chi connectivity index (χ3n) is 3.91. The van der Waals surface area contributed by atoms with Crippen LogP contribution in [0.4, 0.5) is 0 Å². The van der Waals surface area contributed by atoms with E-state index in [2.05, 4.69) is 17.4 Å². The average molecular weight is 350 g/mol. The molecule has 0 saturated heterocycles. The number of ether oxygens (including phenoxy) is 1. The van der Waals surface area contributed by atoms with Gasteiger partial charge in [0.15, 0.2) is 6.61 Å². The summed E-state index contributed by atoms with van der Waals surface area (Å²) in [6.45, 7) is -0.0602. The number of halogens is 2. The zero-order valence-corrected chi connectivity index (χ0v) is 14.0. The number of aryl methyl sites for hydroxylation is 1. The molecule has 0 fully saturated rings. The Kier molecular flexibility index (Phi) is 5.09. The topological polar surface area (TPSA) is 38.3 Å². The zero-order valence-electron chi connectivity index (χ0n) is 12.5. The summed E-state index contributed by atoms with van der Waals surface area (Å²) in [5, 5.41) is 4.01. The lowest BCUT2D eigenvalue weighted by molar-refractivity contribution is -0.123. The second-order valence-corrected chi connectivity index (χ2v) is 6.48. The number of nitrogens with one attached hydrogen (secondary N) is 1. The first-order valence-electron chi connectivity index (χ1n) is 7.58. The largest absolute Gasteiger partial charge is 0.484 e. The molecule has 1 amide bonds. The van der Waals surface area contributed by atoms with E-state index in [1.165, 1.54) is 11.1 Å². The van der Waals surface area contributed by atoms with Crippen molar-refractivity contribution in [2.45, 2.75) is 25.3 Å². The summed E-state index contributed by atoms with van der Waals surface area (Å²) in [5.74, 6) is 0.337. The van der Waals surface area contributed by atoms with Gasteiger partial charge in [-0.25, -0.2) is 0 Å². The monoisotopic (exact) mass is 349 g/mol. The lowest BCUT2D eigenvalue weighted by Crippen LogP contribution is -2.34. The highest BCUT2D eigenvalue weighted by Crippen LogP contribution is 2.29. The highest BCUT2D eigenvalue weighted by Gasteiger charge is 2.21. The lowest BCUT2D eigenvalue weighted by Gasteiger charge is -2.26. The van der Waals surface area contributed by atoms with Gasteiger partial charge < -0.3 is 10.1 Å². The molecule has 2 aromatic rings. The van der Waals surface area contributed by atoms with Gasteiger partial charge in [-0.15, -0.1) is 0 Å². The Labute approximate surface area is 145 Å². The fourth-order valence-corrected chi connectivity index (χ4v) is 3.41. The van der Waals surface area contributed by atoms with Crippen LogP contribution in [0.3, 0.4) is 0 Å². The van der Waals surface area contributed by atoms with Crippen molar-refractivity contribution in [1.82, 2.24) is 5.32 Å². The molecule has 0 aliphatic heterocycles. The van der Waals surface area contributed by atoms with Gasteiger partial charge in [-0.3, -0.25) is 4.79 Å². The first kappa shape index (κ1) is 16.2. The molecule has 23 heavy (non-hydrogen) atoms. The molecule has 1 unspecified atom stereocenters. The van der Waals surface area contributed by atoms with Gasteiger partial charge in [0.25, 0.3) is 5.91 Å². The molecule has 0 spiro atoms. The first-order chi connectivity index (χ1) is 11.1. The Bertz CT molecular complexity index is 698. The van der Waals surface area contributed by atoms with Crippen molar-refractivity contribution in [2.24, 2.45) is 0 Å². The van der Waals surface area contributed by atoms with Crippen molar-refractivity contribution in [3.05, 3.63) is 63.6 Å². The Morgan fingerprint density at radius 2 is 1.91 bits per heavy atom. The third-order valence-corrected chi connectivity index (χ3v) is 4.35. The van der Waals surface area contributed by atoms with E-state index in [4.69, 9.17) is 27.9 Å². The van der Waals surface area contributed by atoms with E-state index in [0.29, 0.717) is 15.8 Å². The molecule has 3 rings (SSSR count). The van der Waals surface area contributed by atoms with Crippen molar-refractivity contribution in [3.8, 4) is 5.75 Å². The molecule has 1 aliphatic carbocycles. The lowest BCUT2D eigenvalue weighted by atomic mass is 9.88. The van der Waals surface area contributed by atoms with E-state index in [-0.39, 0.29) is 18.6 Å². The second kappa shape index (κ2) is 7.24. The predicted molar refractivity (Wildman–Crippen MR) is 92.2 cm³/mol. The fourth-order valence-electron chi connectivity index (χ4n) is 2.90. The van der Waals surface area contributed by atoms with Gasteiger partial charge in [-0.05, 0) is 48.6 Å². The molecule has 1 atom stereocenters. The number of carbonyl (C=O) groups is 1. The molecule has 120 valence electrons. The predicted octanol–water partition coefficient (Wildman–Crippen LogP) is 4.57. The molecule has 2 aromatic carbocycles. The number of amides is 1. The summed E-state index contributed by atoms with van der Waals surface area (Å²) in [5.41, 5.74) is 2.52. The van der Waals surface area contributed by atoms with E-state index >= 15 is 0 Å². The number of hydrogen-bond donors (Lipinski definition) is 1. The fraction of sp³-hybridized carbons (Fsp3) is 0.278. The van der Waals surface area contributed by atoms with Gasteiger partial charge in [0.05, 0.1) is 6.04 Å². The molecule has 0 saturated carbocycles. The Morgan fingerprint density at radius 3 is 2.70 bits per heavy atom. The maximum atomic E-state index is 12.2. The zero-order chi connectivity index (χ0) is 16.2. The Morgan fingerprint density at radius 1 is 1.17 bits per heavy atom. The maximum Gasteiger partial charge on any atom is 0.258 e. The van der Waals surface area contributed by atoms with Crippen molar-refractivity contribution in [1.29, 1.82) is 0 Å². The number of hydrogen-bond acceptors (Lipinski definition) is 2. The van der Waals surface area contributed by atoms with Gasteiger partial charge in [-0.1, -0.05) is 47.5 Å². The third kappa shape index (κ3) is 4.18.